The van der Waals surface area contributed by atoms with Gasteiger partial charge in [-0.05, 0) is 24.6 Å². The Kier molecular flexibility index (Phi) is 6.21. The minimum atomic E-state index is -0.591. The predicted octanol–water partition coefficient (Wildman–Crippen LogP) is 3.37. The number of nitro groups is 1. The van der Waals surface area contributed by atoms with Crippen LogP contribution in [0.15, 0.2) is 24.5 Å². The van der Waals surface area contributed by atoms with Gasteiger partial charge in [-0.15, -0.1) is 0 Å². The van der Waals surface area contributed by atoms with Crippen molar-refractivity contribution in [1.29, 1.82) is 0 Å². The van der Waals surface area contributed by atoms with Crippen LogP contribution in [0.1, 0.15) is 6.42 Å². The zero-order valence-corrected chi connectivity index (χ0v) is 13.5. The van der Waals surface area contributed by atoms with Gasteiger partial charge in [0.15, 0.2) is 0 Å². The molecule has 1 heterocycles. The van der Waals surface area contributed by atoms with Gasteiger partial charge in [0, 0.05) is 25.9 Å². The Labute approximate surface area is 142 Å². The number of rotatable bonds is 8. The van der Waals surface area contributed by atoms with Crippen LogP contribution in [0.4, 0.5) is 27.4 Å². The molecule has 0 aliphatic rings. The second-order valence-electron chi connectivity index (χ2n) is 4.70. The fraction of sp³-hybridized carbons (Fsp3) is 0.286. The van der Waals surface area contributed by atoms with Crippen molar-refractivity contribution in [3.63, 3.8) is 0 Å². The number of ether oxygens (including phenoxy) is 1. The number of aromatic nitrogens is 2. The van der Waals surface area contributed by atoms with Crippen LogP contribution < -0.4 is 10.6 Å². The molecule has 1 aromatic carbocycles. The van der Waals surface area contributed by atoms with E-state index in [0.717, 1.165) is 6.07 Å². The number of hydrogen-bond donors (Lipinski definition) is 2. The number of nitrogens with zero attached hydrogens (tertiary/aromatic N) is 3. The van der Waals surface area contributed by atoms with Crippen molar-refractivity contribution in [1.82, 2.24) is 9.97 Å². The summed E-state index contributed by atoms with van der Waals surface area (Å²) in [6, 6.07) is 3.87. The summed E-state index contributed by atoms with van der Waals surface area (Å²) in [5.74, 6) is -0.520. The monoisotopic (exact) mass is 355 g/mol. The third-order valence-electron chi connectivity index (χ3n) is 3.00. The van der Waals surface area contributed by atoms with Crippen molar-refractivity contribution in [2.24, 2.45) is 0 Å². The van der Waals surface area contributed by atoms with Crippen LogP contribution in [0.25, 0.3) is 0 Å². The number of anilines is 3. The second-order valence-corrected chi connectivity index (χ2v) is 5.11. The van der Waals surface area contributed by atoms with Crippen LogP contribution in [0.5, 0.6) is 0 Å². The molecule has 128 valence electrons. The number of methoxy groups -OCH3 is 1. The number of benzene rings is 1. The third-order valence-corrected chi connectivity index (χ3v) is 3.29. The van der Waals surface area contributed by atoms with E-state index >= 15 is 0 Å². The molecule has 2 N–H and O–H groups in total. The summed E-state index contributed by atoms with van der Waals surface area (Å²) in [7, 11) is 1.57. The minimum absolute atomic E-state index is 0.0214. The first-order valence-corrected chi connectivity index (χ1v) is 7.35. The van der Waals surface area contributed by atoms with E-state index in [9.17, 15) is 14.5 Å². The molecule has 2 rings (SSSR count). The highest BCUT2D eigenvalue weighted by atomic mass is 35.5. The third kappa shape index (κ3) is 4.49. The summed E-state index contributed by atoms with van der Waals surface area (Å²) in [6.07, 6.45) is 1.85. The molecule has 1 aromatic heterocycles. The van der Waals surface area contributed by atoms with Crippen molar-refractivity contribution >= 4 is 34.6 Å². The van der Waals surface area contributed by atoms with Crippen molar-refractivity contribution in [3.8, 4) is 0 Å². The summed E-state index contributed by atoms with van der Waals surface area (Å²) >= 11 is 5.71. The van der Waals surface area contributed by atoms with E-state index in [-0.39, 0.29) is 22.3 Å². The zero-order valence-electron chi connectivity index (χ0n) is 12.8. The first-order valence-electron chi connectivity index (χ1n) is 6.97. The van der Waals surface area contributed by atoms with Gasteiger partial charge < -0.3 is 15.4 Å². The number of hydrogen-bond acceptors (Lipinski definition) is 7. The summed E-state index contributed by atoms with van der Waals surface area (Å²) < 4.78 is 18.1. The van der Waals surface area contributed by atoms with E-state index in [4.69, 9.17) is 16.3 Å². The van der Waals surface area contributed by atoms with Crippen molar-refractivity contribution in [2.45, 2.75) is 6.42 Å². The van der Waals surface area contributed by atoms with E-state index < -0.39 is 10.7 Å². The molecule has 0 radical (unpaired) electrons. The van der Waals surface area contributed by atoms with E-state index in [2.05, 4.69) is 20.6 Å². The van der Waals surface area contributed by atoms with Crippen molar-refractivity contribution in [3.05, 3.63) is 45.5 Å². The molecule has 0 unspecified atom stereocenters. The van der Waals surface area contributed by atoms with Gasteiger partial charge in [0.25, 0.3) is 0 Å². The Balaban J connectivity index is 2.25. The maximum absolute atomic E-state index is 13.2. The summed E-state index contributed by atoms with van der Waals surface area (Å²) in [6.45, 7) is 0.971. The fourth-order valence-corrected chi connectivity index (χ4v) is 2.09. The second kappa shape index (κ2) is 8.37. The lowest BCUT2D eigenvalue weighted by molar-refractivity contribution is -0.383. The zero-order chi connectivity index (χ0) is 17.5. The highest BCUT2D eigenvalue weighted by molar-refractivity contribution is 6.31. The van der Waals surface area contributed by atoms with Gasteiger partial charge in [-0.25, -0.2) is 14.4 Å². The largest absolute Gasteiger partial charge is 0.385 e. The summed E-state index contributed by atoms with van der Waals surface area (Å²) in [4.78, 5) is 18.6. The number of halogens is 2. The molecule has 0 amide bonds. The van der Waals surface area contributed by atoms with Crippen LogP contribution in [-0.2, 0) is 4.74 Å². The van der Waals surface area contributed by atoms with Gasteiger partial charge in [0.05, 0.1) is 9.95 Å². The normalized spacial score (nSPS) is 10.5. The van der Waals surface area contributed by atoms with Crippen LogP contribution >= 0.6 is 11.6 Å². The Morgan fingerprint density at radius 3 is 2.79 bits per heavy atom. The molecule has 8 nitrogen and oxygen atoms in total. The van der Waals surface area contributed by atoms with Gasteiger partial charge >= 0.3 is 5.69 Å². The average molecular weight is 356 g/mol. The minimum Gasteiger partial charge on any atom is -0.385 e. The molecular formula is C14H15ClFN5O3. The van der Waals surface area contributed by atoms with E-state index in [0.29, 0.717) is 25.3 Å². The van der Waals surface area contributed by atoms with Gasteiger partial charge in [-0.2, -0.15) is 0 Å². The highest BCUT2D eigenvalue weighted by Gasteiger charge is 2.23. The van der Waals surface area contributed by atoms with Gasteiger partial charge in [0.2, 0.25) is 11.6 Å². The van der Waals surface area contributed by atoms with Crippen LogP contribution in [-0.4, -0.2) is 35.2 Å². The fourth-order valence-electron chi connectivity index (χ4n) is 1.91. The molecule has 0 saturated heterocycles. The van der Waals surface area contributed by atoms with Crippen LogP contribution in [0.2, 0.25) is 5.02 Å². The van der Waals surface area contributed by atoms with Crippen LogP contribution in [0, 0.1) is 15.9 Å². The Morgan fingerprint density at radius 2 is 2.12 bits per heavy atom. The van der Waals surface area contributed by atoms with Crippen LogP contribution in [0.3, 0.4) is 0 Å². The Hall–Kier alpha value is -2.52. The molecule has 10 heteroatoms. The highest BCUT2D eigenvalue weighted by Crippen LogP contribution is 2.31. The molecule has 0 saturated carbocycles. The average Bonchev–Trinajstić information content (AvgIpc) is 2.55. The molecule has 24 heavy (non-hydrogen) atoms. The first-order chi connectivity index (χ1) is 11.5. The van der Waals surface area contributed by atoms with E-state index in [1.54, 1.807) is 7.11 Å². The maximum atomic E-state index is 13.2. The molecule has 2 aromatic rings. The topological polar surface area (TPSA) is 102 Å². The molecule has 0 aliphatic heterocycles. The van der Waals surface area contributed by atoms with Gasteiger partial charge in [-0.3, -0.25) is 10.1 Å². The van der Waals surface area contributed by atoms with Gasteiger partial charge in [0.1, 0.15) is 12.1 Å². The summed E-state index contributed by atoms with van der Waals surface area (Å²) in [5.41, 5.74) is 0.0592. The standard InChI is InChI=1S/C14H15ClFN5O3/c1-24-6-2-5-17-13-12(21(22)23)14(19-8-18-13)20-9-3-4-11(16)10(15)7-9/h3-4,7-8H,2,5-6H2,1H3,(H2,17,18,19,20). The lowest BCUT2D eigenvalue weighted by atomic mass is 10.3. The molecule has 0 aliphatic carbocycles. The molecule has 0 atom stereocenters. The molecule has 0 spiro atoms. The first kappa shape index (κ1) is 17.8. The SMILES string of the molecule is COCCCNc1ncnc(Nc2ccc(F)c(Cl)c2)c1[N+](=O)[O-]. The molecule has 0 fully saturated rings. The van der Waals surface area contributed by atoms with Crippen molar-refractivity contribution in [2.75, 3.05) is 30.9 Å². The number of nitrogens with one attached hydrogen (secondary N) is 2. The van der Waals surface area contributed by atoms with E-state index in [1.165, 1.54) is 18.5 Å². The Bertz CT molecular complexity index is 732. The lowest BCUT2D eigenvalue weighted by Crippen LogP contribution is -2.10. The summed E-state index contributed by atoms with van der Waals surface area (Å²) in [5, 5.41) is 16.9. The maximum Gasteiger partial charge on any atom is 0.353 e. The smallest absolute Gasteiger partial charge is 0.353 e. The predicted molar refractivity (Wildman–Crippen MR) is 88.4 cm³/mol. The molecular weight excluding hydrogens is 341 g/mol. The molecule has 0 bridgehead atoms. The lowest BCUT2D eigenvalue weighted by Gasteiger charge is -2.10. The van der Waals surface area contributed by atoms with E-state index in [1.807, 2.05) is 0 Å². The Morgan fingerprint density at radius 1 is 1.38 bits per heavy atom. The van der Waals surface area contributed by atoms with Crippen molar-refractivity contribution < 1.29 is 14.1 Å². The quantitative estimate of drug-likeness (QED) is 0.425. The van der Waals surface area contributed by atoms with Gasteiger partial charge in [-0.1, -0.05) is 11.6 Å².